The maximum Gasteiger partial charge on any atom is 0.250 e. The Morgan fingerprint density at radius 3 is 2.71 bits per heavy atom. The number of nitrogens with one attached hydrogen (secondary N) is 1. The first-order valence-electron chi connectivity index (χ1n) is 9.55. The average Bonchev–Trinajstić information content (AvgIpc) is 2.80. The summed E-state index contributed by atoms with van der Waals surface area (Å²) < 4.78 is 5.55. The highest BCUT2D eigenvalue weighted by molar-refractivity contribution is 5.97. The molecule has 1 amide bonds. The molecule has 0 aliphatic carbocycles. The highest BCUT2D eigenvalue weighted by atomic mass is 16.5. The maximum atomic E-state index is 11.3. The molecule has 8 heteroatoms. The molecule has 0 fully saturated rings. The third kappa shape index (κ3) is 5.11. The normalized spacial score (nSPS) is 11.6. The molecule has 0 aliphatic heterocycles. The van der Waals surface area contributed by atoms with Gasteiger partial charge < -0.3 is 15.8 Å². The summed E-state index contributed by atoms with van der Waals surface area (Å²) in [4.78, 5) is 28.5. The quantitative estimate of drug-likeness (QED) is 0.429. The molecule has 0 radical (unpaired) electrons. The lowest BCUT2D eigenvalue weighted by Crippen LogP contribution is -2.11. The number of rotatable bonds is 8. The van der Waals surface area contributed by atoms with Crippen molar-refractivity contribution >= 4 is 28.3 Å². The monoisotopic (exact) mass is 416 g/mol. The highest BCUT2D eigenvalue weighted by Gasteiger charge is 2.13. The molecule has 3 N–H and O–H groups in total. The van der Waals surface area contributed by atoms with Crippen LogP contribution in [0.5, 0.6) is 5.75 Å². The number of pyridine rings is 1. The number of methoxy groups -OCH3 is 1. The van der Waals surface area contributed by atoms with Crippen LogP contribution < -0.4 is 15.8 Å². The van der Waals surface area contributed by atoms with E-state index in [-0.39, 0.29) is 0 Å². The van der Waals surface area contributed by atoms with Gasteiger partial charge in [-0.05, 0) is 42.8 Å². The van der Waals surface area contributed by atoms with Crippen LogP contribution in [0.25, 0.3) is 22.2 Å². The molecular formula is C23H24N6O2. The molecule has 158 valence electrons. The number of anilines is 1. The number of carbonyl (C=O) groups excluding carboxylic acids is 1. The third-order valence-corrected chi connectivity index (χ3v) is 4.66. The Hall–Kier alpha value is -4.07. The molecule has 0 aliphatic rings. The zero-order valence-electron chi connectivity index (χ0n) is 17.7. The SMILES string of the molecule is C=C(/C=C\C(C)=NC)CNc1ncnc2c(OC)cc(-c3ccc(C(N)=O)cn3)cc12. The number of hydrogen-bond acceptors (Lipinski definition) is 7. The van der Waals surface area contributed by atoms with E-state index in [1.54, 1.807) is 26.3 Å². The summed E-state index contributed by atoms with van der Waals surface area (Å²) in [6.45, 7) is 6.48. The second kappa shape index (κ2) is 9.62. The van der Waals surface area contributed by atoms with E-state index in [4.69, 9.17) is 10.5 Å². The zero-order chi connectivity index (χ0) is 22.4. The van der Waals surface area contributed by atoms with Crippen molar-refractivity contribution in [2.45, 2.75) is 6.92 Å². The number of allylic oxidation sites excluding steroid dienone is 1. The number of amides is 1. The largest absolute Gasteiger partial charge is 0.494 e. The van der Waals surface area contributed by atoms with Crippen molar-refractivity contribution in [2.75, 3.05) is 26.0 Å². The fraction of sp³-hybridized carbons (Fsp3) is 0.174. The van der Waals surface area contributed by atoms with Gasteiger partial charge in [0.05, 0.1) is 18.4 Å². The number of fused-ring (bicyclic) bond motifs is 1. The van der Waals surface area contributed by atoms with Gasteiger partial charge in [-0.1, -0.05) is 12.7 Å². The number of benzene rings is 1. The molecule has 8 nitrogen and oxygen atoms in total. The van der Waals surface area contributed by atoms with Crippen molar-refractivity contribution < 1.29 is 9.53 Å². The van der Waals surface area contributed by atoms with Crippen molar-refractivity contribution in [3.8, 4) is 17.0 Å². The summed E-state index contributed by atoms with van der Waals surface area (Å²) in [7, 11) is 3.33. The Kier molecular flexibility index (Phi) is 6.71. The van der Waals surface area contributed by atoms with Crippen LogP contribution in [0.4, 0.5) is 5.82 Å². The van der Waals surface area contributed by atoms with E-state index in [2.05, 4.69) is 31.8 Å². The number of nitrogens with two attached hydrogens (primary N) is 1. The number of nitrogens with zero attached hydrogens (tertiary/aromatic N) is 4. The van der Waals surface area contributed by atoms with Crippen molar-refractivity contribution in [1.29, 1.82) is 0 Å². The van der Waals surface area contributed by atoms with Crippen LogP contribution in [0.3, 0.4) is 0 Å². The molecule has 1 aromatic carbocycles. The first kappa shape index (κ1) is 21.6. The summed E-state index contributed by atoms with van der Waals surface area (Å²) >= 11 is 0. The minimum atomic E-state index is -0.523. The molecule has 0 saturated heterocycles. The van der Waals surface area contributed by atoms with Gasteiger partial charge in [-0.25, -0.2) is 9.97 Å². The molecule has 0 saturated carbocycles. The van der Waals surface area contributed by atoms with E-state index >= 15 is 0 Å². The Morgan fingerprint density at radius 2 is 2.06 bits per heavy atom. The number of ether oxygens (including phenoxy) is 1. The zero-order valence-corrected chi connectivity index (χ0v) is 17.7. The van der Waals surface area contributed by atoms with Crippen LogP contribution in [-0.2, 0) is 0 Å². The lowest BCUT2D eigenvalue weighted by molar-refractivity contribution is 0.1000. The van der Waals surface area contributed by atoms with Crippen LogP contribution in [-0.4, -0.2) is 47.3 Å². The molecular weight excluding hydrogens is 392 g/mol. The fourth-order valence-electron chi connectivity index (χ4n) is 2.86. The van der Waals surface area contributed by atoms with Crippen LogP contribution in [0.2, 0.25) is 0 Å². The number of primary amides is 1. The summed E-state index contributed by atoms with van der Waals surface area (Å²) in [5.41, 5.74) is 9.58. The van der Waals surface area contributed by atoms with Gasteiger partial charge >= 0.3 is 0 Å². The van der Waals surface area contributed by atoms with Crippen LogP contribution >= 0.6 is 0 Å². The molecule has 0 bridgehead atoms. The number of aromatic nitrogens is 3. The predicted molar refractivity (Wildman–Crippen MR) is 124 cm³/mol. The van der Waals surface area contributed by atoms with E-state index in [0.29, 0.717) is 34.9 Å². The van der Waals surface area contributed by atoms with Crippen molar-refractivity contribution in [3.05, 3.63) is 66.7 Å². The number of aliphatic imine (C=N–C) groups is 1. The molecule has 3 rings (SSSR count). The molecule has 0 atom stereocenters. The van der Waals surface area contributed by atoms with E-state index in [9.17, 15) is 4.79 Å². The average molecular weight is 416 g/mol. The van der Waals surface area contributed by atoms with Gasteiger partial charge in [0.1, 0.15) is 23.4 Å². The smallest absolute Gasteiger partial charge is 0.250 e. The van der Waals surface area contributed by atoms with E-state index in [1.165, 1.54) is 12.5 Å². The van der Waals surface area contributed by atoms with Crippen LogP contribution in [0.15, 0.2) is 66.1 Å². The van der Waals surface area contributed by atoms with Gasteiger partial charge in [0.2, 0.25) is 5.91 Å². The van der Waals surface area contributed by atoms with E-state index in [1.807, 2.05) is 31.2 Å². The predicted octanol–water partition coefficient (Wildman–Crippen LogP) is 3.41. The Labute approximate surface area is 180 Å². The standard InChI is InChI=1S/C23H24N6O2/c1-14(5-6-15(2)25-3)11-27-23-18-9-17(10-20(31-4)21(18)28-13-29-23)19-8-7-16(12-26-19)22(24)30/h5-10,12-13H,1,11H2,2-4H3,(H2,24,30)(H,27,28,29)/b6-5-,25-15?. The van der Waals surface area contributed by atoms with Crippen molar-refractivity contribution in [1.82, 2.24) is 15.0 Å². The molecule has 3 aromatic rings. The van der Waals surface area contributed by atoms with Gasteiger partial charge in [-0.3, -0.25) is 14.8 Å². The Balaban J connectivity index is 1.96. The first-order chi connectivity index (χ1) is 14.9. The summed E-state index contributed by atoms with van der Waals surface area (Å²) in [5.74, 6) is 0.714. The van der Waals surface area contributed by atoms with Gasteiger partial charge in [-0.2, -0.15) is 0 Å². The third-order valence-electron chi connectivity index (χ3n) is 4.66. The topological polar surface area (TPSA) is 115 Å². The fourth-order valence-corrected chi connectivity index (χ4v) is 2.86. The summed E-state index contributed by atoms with van der Waals surface area (Å²) in [6, 6.07) is 7.15. The van der Waals surface area contributed by atoms with Gasteiger partial charge in [-0.15, -0.1) is 0 Å². The summed E-state index contributed by atoms with van der Waals surface area (Å²) in [6.07, 6.45) is 6.76. The molecule has 2 heterocycles. The molecule has 2 aromatic heterocycles. The second-order valence-corrected chi connectivity index (χ2v) is 6.80. The van der Waals surface area contributed by atoms with Crippen molar-refractivity contribution in [2.24, 2.45) is 10.7 Å². The van der Waals surface area contributed by atoms with Crippen LogP contribution in [0, 0.1) is 0 Å². The molecule has 0 unspecified atom stereocenters. The Morgan fingerprint density at radius 1 is 1.26 bits per heavy atom. The molecule has 0 spiro atoms. The maximum absolute atomic E-state index is 11.3. The minimum absolute atomic E-state index is 0.345. The van der Waals surface area contributed by atoms with Crippen LogP contribution in [0.1, 0.15) is 17.3 Å². The lowest BCUT2D eigenvalue weighted by atomic mass is 10.1. The number of carbonyl (C=O) groups is 1. The van der Waals surface area contributed by atoms with Gasteiger partial charge in [0, 0.05) is 36.5 Å². The lowest BCUT2D eigenvalue weighted by Gasteiger charge is -2.12. The minimum Gasteiger partial charge on any atom is -0.494 e. The highest BCUT2D eigenvalue weighted by Crippen LogP contribution is 2.33. The van der Waals surface area contributed by atoms with E-state index in [0.717, 1.165) is 22.2 Å². The number of hydrogen-bond donors (Lipinski definition) is 2. The van der Waals surface area contributed by atoms with Crippen molar-refractivity contribution in [3.63, 3.8) is 0 Å². The first-order valence-corrected chi connectivity index (χ1v) is 9.55. The second-order valence-electron chi connectivity index (χ2n) is 6.80. The summed E-state index contributed by atoms with van der Waals surface area (Å²) in [5, 5.41) is 4.08. The molecule has 31 heavy (non-hydrogen) atoms. The van der Waals surface area contributed by atoms with E-state index < -0.39 is 5.91 Å². The Bertz CT molecular complexity index is 1180. The van der Waals surface area contributed by atoms with Gasteiger partial charge in [0.15, 0.2) is 0 Å². The van der Waals surface area contributed by atoms with Gasteiger partial charge in [0.25, 0.3) is 0 Å².